The van der Waals surface area contributed by atoms with E-state index in [1.54, 1.807) is 18.3 Å². The molecule has 0 fully saturated rings. The van der Waals surface area contributed by atoms with Gasteiger partial charge in [-0.3, -0.25) is 4.79 Å². The highest BCUT2D eigenvalue weighted by atomic mass is 16.5. The summed E-state index contributed by atoms with van der Waals surface area (Å²) in [4.78, 5) is 31.6. The second-order valence-electron chi connectivity index (χ2n) is 10.1. The summed E-state index contributed by atoms with van der Waals surface area (Å²) in [5, 5.41) is 3.39. The van der Waals surface area contributed by atoms with Crippen LogP contribution in [0.15, 0.2) is 98.1 Å². The van der Waals surface area contributed by atoms with E-state index in [1.807, 2.05) is 103 Å². The van der Waals surface area contributed by atoms with E-state index in [-0.39, 0.29) is 5.91 Å². The van der Waals surface area contributed by atoms with E-state index in [9.17, 15) is 4.79 Å². The topological polar surface area (TPSA) is 98.1 Å². The lowest BCUT2D eigenvalue weighted by molar-refractivity contribution is -0.113. The van der Waals surface area contributed by atoms with Crippen molar-refractivity contribution in [2.24, 2.45) is 7.05 Å². The number of aromatic nitrogens is 5. The molecule has 3 aromatic heterocycles. The second kappa shape index (κ2) is 11.6. The van der Waals surface area contributed by atoms with Gasteiger partial charge >= 0.3 is 0 Å². The van der Waals surface area contributed by atoms with Crippen molar-refractivity contribution >= 4 is 57.3 Å². The number of aryl methyl sites for hydroxylation is 2. The Labute approximate surface area is 248 Å². The van der Waals surface area contributed by atoms with E-state index in [4.69, 9.17) is 9.72 Å². The van der Waals surface area contributed by atoms with Crippen LogP contribution in [0.3, 0.4) is 0 Å². The minimum atomic E-state index is -0.169. The van der Waals surface area contributed by atoms with Crippen molar-refractivity contribution in [1.29, 1.82) is 0 Å². The number of carbonyl (C=O) groups excluding carboxylic acids is 1. The minimum Gasteiger partial charge on any atom is -0.457 e. The highest BCUT2D eigenvalue weighted by molar-refractivity contribution is 6.00. The summed E-state index contributed by atoms with van der Waals surface area (Å²) in [5.41, 5.74) is 7.57. The third-order valence-electron chi connectivity index (χ3n) is 7.08. The van der Waals surface area contributed by atoms with Crippen LogP contribution in [0, 0.1) is 6.92 Å². The van der Waals surface area contributed by atoms with Crippen LogP contribution in [0.4, 0.5) is 17.2 Å². The number of likely N-dealkylation sites (N-methyl/N-ethyl adjacent to an activating group) is 1. The Kier molecular flexibility index (Phi) is 7.36. The largest absolute Gasteiger partial charge is 0.457 e. The first-order valence-electron chi connectivity index (χ1n) is 13.6. The number of fused-ring (bicyclic) bond motifs is 2. The van der Waals surface area contributed by atoms with E-state index in [0.717, 1.165) is 56.2 Å². The Morgan fingerprint density at radius 3 is 2.70 bits per heavy atom. The molecule has 0 atom stereocenters. The van der Waals surface area contributed by atoms with Gasteiger partial charge in [-0.25, -0.2) is 19.9 Å². The summed E-state index contributed by atoms with van der Waals surface area (Å²) in [6.45, 7) is 5.56. The maximum absolute atomic E-state index is 12.0. The molecule has 0 aliphatic heterocycles. The van der Waals surface area contributed by atoms with Gasteiger partial charge in [0.15, 0.2) is 5.82 Å². The lowest BCUT2D eigenvalue weighted by atomic mass is 10.1. The standard InChI is InChI=1S/C34H29N7O2/c1-5-32(42)41(4)26-8-6-7-23(18-26)9-10-24-11-14-28-33(38-24)34(36-20-35-28)39-25-12-16-31(22(2)17-25)43-27-13-15-30-29(19-27)37-21-40(30)3/h5-21H,1H2,2-4H3,(H,35,36,39)/b10-9+. The summed E-state index contributed by atoms with van der Waals surface area (Å²) < 4.78 is 8.15. The lowest BCUT2D eigenvalue weighted by Gasteiger charge is -2.15. The van der Waals surface area contributed by atoms with Gasteiger partial charge in [-0.2, -0.15) is 0 Å². The van der Waals surface area contributed by atoms with Gasteiger partial charge in [-0.1, -0.05) is 24.8 Å². The number of nitrogens with one attached hydrogen (secondary N) is 1. The number of nitrogens with zero attached hydrogens (tertiary/aromatic N) is 6. The molecule has 9 nitrogen and oxygen atoms in total. The summed E-state index contributed by atoms with van der Waals surface area (Å²) in [6, 6.07) is 23.3. The predicted octanol–water partition coefficient (Wildman–Crippen LogP) is 7.08. The van der Waals surface area contributed by atoms with Gasteiger partial charge in [0.25, 0.3) is 0 Å². The third-order valence-corrected chi connectivity index (χ3v) is 7.08. The minimum absolute atomic E-state index is 0.169. The van der Waals surface area contributed by atoms with Gasteiger partial charge in [-0.05, 0) is 84.8 Å². The fourth-order valence-electron chi connectivity index (χ4n) is 4.71. The lowest BCUT2D eigenvalue weighted by Crippen LogP contribution is -2.23. The number of benzene rings is 3. The molecule has 0 saturated heterocycles. The number of rotatable bonds is 8. The van der Waals surface area contributed by atoms with Crippen LogP contribution in [-0.2, 0) is 11.8 Å². The Balaban J connectivity index is 1.21. The first-order chi connectivity index (χ1) is 20.9. The monoisotopic (exact) mass is 567 g/mol. The number of anilines is 3. The molecule has 3 aromatic carbocycles. The van der Waals surface area contributed by atoms with Crippen LogP contribution in [0.1, 0.15) is 16.8 Å². The number of imidazole rings is 1. The molecule has 0 bridgehead atoms. The molecule has 0 spiro atoms. The molecule has 0 unspecified atom stereocenters. The molecule has 0 radical (unpaired) electrons. The van der Waals surface area contributed by atoms with Crippen LogP contribution in [0.5, 0.6) is 11.5 Å². The molecule has 3 heterocycles. The maximum Gasteiger partial charge on any atom is 0.250 e. The number of ether oxygens (including phenoxy) is 1. The molecular formula is C34H29N7O2. The van der Waals surface area contributed by atoms with Crippen LogP contribution in [0.2, 0.25) is 0 Å². The van der Waals surface area contributed by atoms with Gasteiger partial charge in [0, 0.05) is 31.5 Å². The number of pyridine rings is 1. The van der Waals surface area contributed by atoms with Crippen LogP contribution >= 0.6 is 0 Å². The molecule has 6 aromatic rings. The van der Waals surface area contributed by atoms with Crippen molar-refractivity contribution < 1.29 is 9.53 Å². The number of carbonyl (C=O) groups is 1. The second-order valence-corrected chi connectivity index (χ2v) is 10.1. The van der Waals surface area contributed by atoms with Crippen molar-refractivity contribution in [3.05, 3.63) is 115 Å². The van der Waals surface area contributed by atoms with Gasteiger partial charge in [0.2, 0.25) is 5.91 Å². The first-order valence-corrected chi connectivity index (χ1v) is 13.6. The van der Waals surface area contributed by atoms with E-state index >= 15 is 0 Å². The fraction of sp³-hybridized carbons (Fsp3) is 0.0882. The molecule has 9 heteroatoms. The zero-order valence-electron chi connectivity index (χ0n) is 24.0. The molecule has 6 rings (SSSR count). The van der Waals surface area contributed by atoms with Gasteiger partial charge in [0.1, 0.15) is 23.3 Å². The van der Waals surface area contributed by atoms with Gasteiger partial charge in [-0.15, -0.1) is 0 Å². The SMILES string of the molecule is C=CC(=O)N(C)c1cccc(/C=C/c2ccc3ncnc(Nc4ccc(Oc5ccc6c(c5)ncn6C)c(C)c4)c3n2)c1. The normalized spacial score (nSPS) is 11.2. The van der Waals surface area contributed by atoms with Gasteiger partial charge in [0.05, 0.1) is 28.6 Å². The zero-order chi connectivity index (χ0) is 29.9. The Morgan fingerprint density at radius 1 is 0.977 bits per heavy atom. The van der Waals surface area contributed by atoms with E-state index < -0.39 is 0 Å². The molecule has 0 saturated carbocycles. The Morgan fingerprint density at radius 2 is 1.86 bits per heavy atom. The number of hydrogen-bond acceptors (Lipinski definition) is 7. The average molecular weight is 568 g/mol. The summed E-state index contributed by atoms with van der Waals surface area (Å²) in [6.07, 6.45) is 8.48. The third kappa shape index (κ3) is 5.82. The molecule has 1 amide bonds. The molecule has 43 heavy (non-hydrogen) atoms. The maximum atomic E-state index is 12.0. The van der Waals surface area contributed by atoms with Crippen LogP contribution in [-0.4, -0.2) is 37.5 Å². The quantitative estimate of drug-likeness (QED) is 0.196. The first kappa shape index (κ1) is 27.3. The van der Waals surface area contributed by atoms with Crippen molar-refractivity contribution in [3.8, 4) is 11.5 Å². The highest BCUT2D eigenvalue weighted by Gasteiger charge is 2.10. The predicted molar refractivity (Wildman–Crippen MR) is 172 cm³/mol. The van der Waals surface area contributed by atoms with Crippen molar-refractivity contribution in [2.75, 3.05) is 17.3 Å². The van der Waals surface area contributed by atoms with Crippen molar-refractivity contribution in [3.63, 3.8) is 0 Å². The zero-order valence-corrected chi connectivity index (χ0v) is 24.0. The molecule has 0 aliphatic carbocycles. The fourth-order valence-corrected chi connectivity index (χ4v) is 4.71. The summed E-state index contributed by atoms with van der Waals surface area (Å²) >= 11 is 0. The molecule has 1 N–H and O–H groups in total. The average Bonchev–Trinajstić information content (AvgIpc) is 3.40. The van der Waals surface area contributed by atoms with Gasteiger partial charge < -0.3 is 19.5 Å². The van der Waals surface area contributed by atoms with E-state index in [0.29, 0.717) is 11.3 Å². The number of hydrogen-bond donors (Lipinski definition) is 1. The van der Waals surface area contributed by atoms with Crippen LogP contribution in [0.25, 0.3) is 34.2 Å². The smallest absolute Gasteiger partial charge is 0.250 e. The Bertz CT molecular complexity index is 2030. The van der Waals surface area contributed by atoms with Crippen molar-refractivity contribution in [2.45, 2.75) is 6.92 Å². The van der Waals surface area contributed by atoms with Crippen LogP contribution < -0.4 is 15.0 Å². The highest BCUT2D eigenvalue weighted by Crippen LogP contribution is 2.31. The van der Waals surface area contributed by atoms with Crippen molar-refractivity contribution in [1.82, 2.24) is 24.5 Å². The molecular weight excluding hydrogens is 538 g/mol. The van der Waals surface area contributed by atoms with E-state index in [1.165, 1.54) is 12.4 Å². The summed E-state index contributed by atoms with van der Waals surface area (Å²) in [5.74, 6) is 1.91. The van der Waals surface area contributed by atoms with E-state index in [2.05, 4.69) is 26.8 Å². The Hall–Kier alpha value is -5.83. The molecule has 0 aliphatic rings. The number of amides is 1. The molecule has 212 valence electrons. The summed E-state index contributed by atoms with van der Waals surface area (Å²) in [7, 11) is 3.69.